The molecule has 17 heavy (non-hydrogen) atoms. The molecule has 0 atom stereocenters. The Bertz CT molecular complexity index is 614. The standard InChI is InChI=1S/C11H9NO5/c1-6(13)4-10-11(12(15)16)8-5-7(14)2-3-9(8)17-10/h2-3,5,14H,4H2,1H3. The molecule has 1 heterocycles. The van der Waals surface area contributed by atoms with E-state index in [2.05, 4.69) is 0 Å². The summed E-state index contributed by atoms with van der Waals surface area (Å²) in [5, 5.41) is 20.4. The Hall–Kier alpha value is -2.37. The largest absolute Gasteiger partial charge is 0.508 e. The van der Waals surface area contributed by atoms with Gasteiger partial charge in [0.2, 0.25) is 0 Å². The van der Waals surface area contributed by atoms with Crippen molar-refractivity contribution in [2.45, 2.75) is 13.3 Å². The SMILES string of the molecule is CC(=O)Cc1oc2ccc(O)cc2c1[N+](=O)[O-]. The second-order valence-electron chi connectivity index (χ2n) is 3.69. The lowest BCUT2D eigenvalue weighted by Crippen LogP contribution is -1.98. The number of benzene rings is 1. The molecule has 1 N–H and O–H groups in total. The molecule has 0 aliphatic carbocycles. The molecule has 1 aromatic carbocycles. The summed E-state index contributed by atoms with van der Waals surface area (Å²) in [6.45, 7) is 1.33. The molecule has 0 aliphatic heterocycles. The highest BCUT2D eigenvalue weighted by atomic mass is 16.6. The summed E-state index contributed by atoms with van der Waals surface area (Å²) in [6.07, 6.45) is -0.133. The molecule has 0 aliphatic rings. The van der Waals surface area contributed by atoms with E-state index in [4.69, 9.17) is 4.42 Å². The minimum Gasteiger partial charge on any atom is -0.508 e. The van der Waals surface area contributed by atoms with Gasteiger partial charge in [-0.25, -0.2) is 0 Å². The number of furan rings is 1. The van der Waals surface area contributed by atoms with Crippen LogP contribution >= 0.6 is 0 Å². The van der Waals surface area contributed by atoms with Gasteiger partial charge in [0.1, 0.15) is 22.5 Å². The van der Waals surface area contributed by atoms with E-state index in [1.54, 1.807) is 0 Å². The van der Waals surface area contributed by atoms with Crippen LogP contribution in [0.4, 0.5) is 5.69 Å². The van der Waals surface area contributed by atoms with Gasteiger partial charge in [0.15, 0.2) is 5.76 Å². The number of phenols is 1. The number of phenolic OH excluding ortho intramolecular Hbond substituents is 1. The Morgan fingerprint density at radius 1 is 1.53 bits per heavy atom. The van der Waals surface area contributed by atoms with E-state index in [0.717, 1.165) is 0 Å². The van der Waals surface area contributed by atoms with Crippen LogP contribution in [0.25, 0.3) is 11.0 Å². The first kappa shape index (κ1) is 11.1. The average Bonchev–Trinajstić information content (AvgIpc) is 2.53. The van der Waals surface area contributed by atoms with Gasteiger partial charge in [-0.1, -0.05) is 0 Å². The predicted molar refractivity (Wildman–Crippen MR) is 58.9 cm³/mol. The second kappa shape index (κ2) is 3.89. The highest BCUT2D eigenvalue weighted by Gasteiger charge is 2.25. The number of carbonyl (C=O) groups is 1. The number of Topliss-reactive ketones (excluding diaryl/α,β-unsaturated/α-hetero) is 1. The molecule has 0 saturated heterocycles. The van der Waals surface area contributed by atoms with Crippen LogP contribution in [0.3, 0.4) is 0 Å². The molecule has 88 valence electrons. The molecular weight excluding hydrogens is 226 g/mol. The fourth-order valence-corrected chi connectivity index (χ4v) is 1.67. The topological polar surface area (TPSA) is 93.6 Å². The molecule has 0 radical (unpaired) electrons. The van der Waals surface area contributed by atoms with Crippen molar-refractivity contribution >= 4 is 22.4 Å². The minimum absolute atomic E-state index is 0.0168. The van der Waals surface area contributed by atoms with Crippen molar-refractivity contribution in [3.05, 3.63) is 34.1 Å². The summed E-state index contributed by atoms with van der Waals surface area (Å²) in [6, 6.07) is 4.05. The third-order valence-electron chi connectivity index (χ3n) is 2.31. The number of hydrogen-bond donors (Lipinski definition) is 1. The number of fused-ring (bicyclic) bond motifs is 1. The molecule has 0 spiro atoms. The van der Waals surface area contributed by atoms with Crippen LogP contribution in [0.1, 0.15) is 12.7 Å². The quantitative estimate of drug-likeness (QED) is 0.649. The first-order valence-corrected chi connectivity index (χ1v) is 4.87. The predicted octanol–water partition coefficient (Wildman–Crippen LogP) is 2.18. The van der Waals surface area contributed by atoms with E-state index in [1.807, 2.05) is 0 Å². The maximum atomic E-state index is 11.0. The number of nitrogens with zero attached hydrogens (tertiary/aromatic N) is 1. The number of hydrogen-bond acceptors (Lipinski definition) is 5. The Balaban J connectivity index is 2.71. The van der Waals surface area contributed by atoms with E-state index >= 15 is 0 Å². The van der Waals surface area contributed by atoms with Crippen LogP contribution < -0.4 is 0 Å². The smallest absolute Gasteiger partial charge is 0.318 e. The van der Waals surface area contributed by atoms with Gasteiger partial charge in [-0.15, -0.1) is 0 Å². The Morgan fingerprint density at radius 3 is 2.82 bits per heavy atom. The van der Waals surface area contributed by atoms with Gasteiger partial charge in [-0.2, -0.15) is 0 Å². The molecule has 0 amide bonds. The van der Waals surface area contributed by atoms with Crippen molar-refractivity contribution in [3.63, 3.8) is 0 Å². The van der Waals surface area contributed by atoms with Crippen LogP contribution in [0.5, 0.6) is 5.75 Å². The van der Waals surface area contributed by atoms with Crippen molar-refractivity contribution in [2.75, 3.05) is 0 Å². The normalized spacial score (nSPS) is 10.6. The lowest BCUT2D eigenvalue weighted by molar-refractivity contribution is -0.384. The van der Waals surface area contributed by atoms with E-state index < -0.39 is 4.92 Å². The third-order valence-corrected chi connectivity index (χ3v) is 2.31. The summed E-state index contributed by atoms with van der Waals surface area (Å²) in [5.41, 5.74) is 0.0249. The van der Waals surface area contributed by atoms with Crippen molar-refractivity contribution in [2.24, 2.45) is 0 Å². The van der Waals surface area contributed by atoms with Gasteiger partial charge in [0.05, 0.1) is 11.3 Å². The van der Waals surface area contributed by atoms with Crippen molar-refractivity contribution < 1.29 is 19.2 Å². The Morgan fingerprint density at radius 2 is 2.24 bits per heavy atom. The zero-order chi connectivity index (χ0) is 12.6. The molecule has 1 aromatic heterocycles. The molecule has 2 rings (SSSR count). The molecule has 0 saturated carbocycles. The Kier molecular flexibility index (Phi) is 2.55. The van der Waals surface area contributed by atoms with Crippen molar-refractivity contribution in [1.82, 2.24) is 0 Å². The number of nitro groups is 1. The van der Waals surface area contributed by atoms with Crippen LogP contribution in [0, 0.1) is 10.1 Å². The molecular formula is C11H9NO5. The fourth-order valence-electron chi connectivity index (χ4n) is 1.67. The van der Waals surface area contributed by atoms with Crippen molar-refractivity contribution in [1.29, 1.82) is 0 Å². The van der Waals surface area contributed by atoms with Gasteiger partial charge >= 0.3 is 5.69 Å². The van der Waals surface area contributed by atoms with Crippen LogP contribution in [0.15, 0.2) is 22.6 Å². The summed E-state index contributed by atoms with van der Waals surface area (Å²) in [7, 11) is 0. The van der Waals surface area contributed by atoms with Gasteiger partial charge in [-0.05, 0) is 25.1 Å². The van der Waals surface area contributed by atoms with Gasteiger partial charge in [0.25, 0.3) is 0 Å². The monoisotopic (exact) mass is 235 g/mol. The van der Waals surface area contributed by atoms with E-state index in [9.17, 15) is 20.0 Å². The molecule has 6 heteroatoms. The fraction of sp³-hybridized carbons (Fsp3) is 0.182. The van der Waals surface area contributed by atoms with Crippen LogP contribution in [-0.4, -0.2) is 15.8 Å². The van der Waals surface area contributed by atoms with Crippen molar-refractivity contribution in [3.8, 4) is 5.75 Å². The summed E-state index contributed by atoms with van der Waals surface area (Å²) in [4.78, 5) is 21.3. The molecule has 0 unspecified atom stereocenters. The lowest BCUT2D eigenvalue weighted by atomic mass is 10.1. The zero-order valence-electron chi connectivity index (χ0n) is 8.97. The summed E-state index contributed by atoms with van der Waals surface area (Å²) in [5.74, 6) is -0.296. The second-order valence-corrected chi connectivity index (χ2v) is 3.69. The molecule has 2 aromatic rings. The maximum Gasteiger partial charge on any atom is 0.318 e. The number of rotatable bonds is 3. The molecule has 0 fully saturated rings. The zero-order valence-corrected chi connectivity index (χ0v) is 8.97. The summed E-state index contributed by atoms with van der Waals surface area (Å²) < 4.78 is 5.25. The Labute approximate surface area is 95.6 Å². The highest BCUT2D eigenvalue weighted by Crippen LogP contribution is 2.35. The van der Waals surface area contributed by atoms with Crippen LogP contribution in [0.2, 0.25) is 0 Å². The summed E-state index contributed by atoms with van der Waals surface area (Å²) >= 11 is 0. The third kappa shape index (κ3) is 1.96. The lowest BCUT2D eigenvalue weighted by Gasteiger charge is -1.92. The first-order chi connectivity index (χ1) is 7.99. The van der Waals surface area contributed by atoms with Gasteiger partial charge in [-0.3, -0.25) is 14.9 Å². The number of ketones is 1. The van der Waals surface area contributed by atoms with E-state index in [0.29, 0.717) is 0 Å². The van der Waals surface area contributed by atoms with E-state index in [1.165, 1.54) is 25.1 Å². The van der Waals surface area contributed by atoms with E-state index in [-0.39, 0.29) is 40.4 Å². The first-order valence-electron chi connectivity index (χ1n) is 4.87. The minimum atomic E-state index is -0.608. The number of carbonyl (C=O) groups excluding carboxylic acids is 1. The molecule has 0 bridgehead atoms. The maximum absolute atomic E-state index is 11.0. The number of aromatic hydroxyl groups is 1. The molecule has 6 nitrogen and oxygen atoms in total. The average molecular weight is 235 g/mol. The highest BCUT2D eigenvalue weighted by molar-refractivity contribution is 5.91. The van der Waals surface area contributed by atoms with Crippen LogP contribution in [-0.2, 0) is 11.2 Å². The van der Waals surface area contributed by atoms with Gasteiger partial charge in [0, 0.05) is 0 Å². The van der Waals surface area contributed by atoms with Gasteiger partial charge < -0.3 is 9.52 Å².